The summed E-state index contributed by atoms with van der Waals surface area (Å²) < 4.78 is 5.89. The van der Waals surface area contributed by atoms with Gasteiger partial charge in [0.2, 0.25) is 0 Å². The van der Waals surface area contributed by atoms with Crippen LogP contribution in [0, 0.1) is 0 Å². The fourth-order valence-electron chi connectivity index (χ4n) is 0.792. The molecule has 0 saturated heterocycles. The number of hydrogen-bond donors (Lipinski definition) is 0. The van der Waals surface area contributed by atoms with Gasteiger partial charge in [-0.1, -0.05) is 0 Å². The molecule has 0 spiro atoms. The average Bonchev–Trinajstić information content (AvgIpc) is 1.82. The van der Waals surface area contributed by atoms with Gasteiger partial charge in [0.15, 0.2) is 5.44 Å². The van der Waals surface area contributed by atoms with Crippen molar-refractivity contribution in [2.75, 3.05) is 33.9 Å². The van der Waals surface area contributed by atoms with Crippen molar-refractivity contribution in [1.82, 2.24) is 0 Å². The second-order valence-corrected chi connectivity index (χ2v) is 4.74. The van der Waals surface area contributed by atoms with Gasteiger partial charge in [-0.2, -0.15) is 0 Å². The number of ether oxygens (including phenoxy) is 1. The van der Waals surface area contributed by atoms with Gasteiger partial charge in [-0.15, -0.1) is 11.8 Å². The maximum Gasteiger partial charge on any atom is 0.303 e. The molecular formula is C8H18INO2S. The Labute approximate surface area is 102 Å². The smallest absolute Gasteiger partial charge is 0.303 e. The molecule has 0 heterocycles. The lowest BCUT2D eigenvalue weighted by Crippen LogP contribution is -3.00. The lowest BCUT2D eigenvalue weighted by Gasteiger charge is -2.27. The van der Waals surface area contributed by atoms with Crippen molar-refractivity contribution in [1.29, 1.82) is 0 Å². The summed E-state index contributed by atoms with van der Waals surface area (Å²) in [4.78, 5) is 10.7. The van der Waals surface area contributed by atoms with Crippen LogP contribution in [0.25, 0.3) is 0 Å². The molecule has 0 saturated carbocycles. The summed E-state index contributed by atoms with van der Waals surface area (Å²) >= 11 is 1.57. The molecule has 80 valence electrons. The first-order valence-electron chi connectivity index (χ1n) is 3.85. The summed E-state index contributed by atoms with van der Waals surface area (Å²) in [6.07, 6.45) is 1.95. The van der Waals surface area contributed by atoms with E-state index in [-0.39, 0.29) is 35.4 Å². The zero-order valence-electron chi connectivity index (χ0n) is 8.83. The van der Waals surface area contributed by atoms with Crippen molar-refractivity contribution >= 4 is 17.7 Å². The molecule has 0 amide bonds. The van der Waals surface area contributed by atoms with E-state index in [1.54, 1.807) is 11.8 Å². The van der Waals surface area contributed by atoms with Crippen LogP contribution in [0.4, 0.5) is 0 Å². The number of rotatable bonds is 4. The van der Waals surface area contributed by atoms with Crippen molar-refractivity contribution in [3.63, 3.8) is 0 Å². The number of carbonyl (C=O) groups is 1. The summed E-state index contributed by atoms with van der Waals surface area (Å²) in [7, 11) is 6.23. The summed E-state index contributed by atoms with van der Waals surface area (Å²) in [6, 6.07) is 0. The van der Waals surface area contributed by atoms with Crippen molar-refractivity contribution in [3.8, 4) is 0 Å². The minimum atomic E-state index is -0.206. The summed E-state index contributed by atoms with van der Waals surface area (Å²) in [5.41, 5.74) is -0.0255. The van der Waals surface area contributed by atoms with E-state index in [0.717, 1.165) is 11.0 Å². The molecule has 0 N–H and O–H groups in total. The van der Waals surface area contributed by atoms with Crippen molar-refractivity contribution in [2.24, 2.45) is 0 Å². The van der Waals surface area contributed by atoms with E-state index in [2.05, 4.69) is 21.1 Å². The molecule has 13 heavy (non-hydrogen) atoms. The van der Waals surface area contributed by atoms with E-state index in [1.165, 1.54) is 6.92 Å². The van der Waals surface area contributed by atoms with Crippen LogP contribution in [0.5, 0.6) is 0 Å². The molecule has 0 aliphatic heterocycles. The third-order valence-electron chi connectivity index (χ3n) is 1.26. The van der Waals surface area contributed by atoms with Crippen LogP contribution in [0.3, 0.4) is 0 Å². The standard InChI is InChI=1S/C8H18NO2S.HI/c1-7(10)11-8(12-5)6-9(2,3)4;/h8H,6H2,1-5H3;1H/q+1;/p-1. The van der Waals surface area contributed by atoms with E-state index >= 15 is 0 Å². The van der Waals surface area contributed by atoms with Crippen LogP contribution in [-0.4, -0.2) is 49.8 Å². The van der Waals surface area contributed by atoms with Crippen molar-refractivity contribution < 1.29 is 38.0 Å². The monoisotopic (exact) mass is 319 g/mol. The Hall–Kier alpha value is 0.510. The van der Waals surface area contributed by atoms with E-state index in [9.17, 15) is 4.79 Å². The normalized spacial score (nSPS) is 13.0. The number of esters is 1. The van der Waals surface area contributed by atoms with E-state index in [4.69, 9.17) is 4.74 Å². The van der Waals surface area contributed by atoms with Gasteiger partial charge in [0.1, 0.15) is 6.54 Å². The molecule has 0 fully saturated rings. The molecule has 0 bridgehead atoms. The van der Waals surface area contributed by atoms with Gasteiger partial charge in [0.25, 0.3) is 0 Å². The summed E-state index contributed by atoms with van der Waals surface area (Å²) in [5, 5.41) is 0. The maximum absolute atomic E-state index is 10.7. The van der Waals surface area contributed by atoms with Crippen LogP contribution < -0.4 is 24.0 Å². The molecule has 0 aromatic heterocycles. The Kier molecular flexibility index (Phi) is 8.46. The highest BCUT2D eigenvalue weighted by Crippen LogP contribution is 2.11. The molecule has 0 rings (SSSR count). The highest BCUT2D eigenvalue weighted by Gasteiger charge is 2.19. The molecule has 5 heteroatoms. The topological polar surface area (TPSA) is 26.3 Å². The minimum Gasteiger partial charge on any atom is -1.00 e. The highest BCUT2D eigenvalue weighted by atomic mass is 127. The first-order valence-corrected chi connectivity index (χ1v) is 5.14. The predicted octanol–water partition coefficient (Wildman–Crippen LogP) is -2.05. The Morgan fingerprint density at radius 2 is 1.92 bits per heavy atom. The van der Waals surface area contributed by atoms with Gasteiger partial charge in [0, 0.05) is 6.92 Å². The quantitative estimate of drug-likeness (QED) is 0.258. The average molecular weight is 319 g/mol. The molecule has 1 atom stereocenters. The summed E-state index contributed by atoms with van der Waals surface area (Å²) in [6.45, 7) is 2.28. The molecule has 0 aromatic carbocycles. The Bertz CT molecular complexity index is 159. The van der Waals surface area contributed by atoms with Crippen LogP contribution in [0.1, 0.15) is 6.92 Å². The number of likely N-dealkylation sites (N-methyl/N-ethyl adjacent to an activating group) is 1. The SMILES string of the molecule is CSC(C[N+](C)(C)C)OC(C)=O.[I-]. The third kappa shape index (κ3) is 10.4. The highest BCUT2D eigenvalue weighted by molar-refractivity contribution is 7.99. The van der Waals surface area contributed by atoms with Gasteiger partial charge in [-0.05, 0) is 6.26 Å². The van der Waals surface area contributed by atoms with Gasteiger partial charge < -0.3 is 33.2 Å². The lowest BCUT2D eigenvalue weighted by atomic mass is 10.5. The first kappa shape index (κ1) is 16.0. The van der Waals surface area contributed by atoms with E-state index < -0.39 is 0 Å². The maximum atomic E-state index is 10.7. The fourth-order valence-corrected chi connectivity index (χ4v) is 1.62. The lowest BCUT2D eigenvalue weighted by molar-refractivity contribution is -0.871. The Morgan fingerprint density at radius 3 is 2.15 bits per heavy atom. The second kappa shape index (κ2) is 6.89. The van der Waals surface area contributed by atoms with Gasteiger partial charge in [-0.3, -0.25) is 4.79 Å². The van der Waals surface area contributed by atoms with Crippen molar-refractivity contribution in [3.05, 3.63) is 0 Å². The largest absolute Gasteiger partial charge is 1.00 e. The number of nitrogens with zero attached hydrogens (tertiary/aromatic N) is 1. The Morgan fingerprint density at radius 1 is 1.46 bits per heavy atom. The first-order chi connectivity index (χ1) is 5.35. The molecule has 3 nitrogen and oxygen atoms in total. The second-order valence-electron chi connectivity index (χ2n) is 3.75. The molecular weight excluding hydrogens is 301 g/mol. The zero-order chi connectivity index (χ0) is 9.78. The van der Waals surface area contributed by atoms with Crippen molar-refractivity contribution in [2.45, 2.75) is 12.4 Å². The van der Waals surface area contributed by atoms with Crippen LogP contribution in [0.2, 0.25) is 0 Å². The number of halogens is 1. The van der Waals surface area contributed by atoms with Crippen LogP contribution in [0.15, 0.2) is 0 Å². The van der Waals surface area contributed by atoms with Gasteiger partial charge >= 0.3 is 5.97 Å². The van der Waals surface area contributed by atoms with Gasteiger partial charge in [-0.25, -0.2) is 0 Å². The predicted molar refractivity (Wildman–Crippen MR) is 52.0 cm³/mol. The molecule has 0 radical (unpaired) electrons. The minimum absolute atomic E-state index is 0. The molecule has 0 aromatic rings. The Balaban J connectivity index is 0. The summed E-state index contributed by atoms with van der Waals surface area (Å²) in [5.74, 6) is -0.206. The zero-order valence-corrected chi connectivity index (χ0v) is 11.8. The third-order valence-corrected chi connectivity index (χ3v) is 2.03. The number of carbonyl (C=O) groups excluding carboxylic acids is 1. The van der Waals surface area contributed by atoms with E-state index in [1.807, 2.05) is 6.26 Å². The van der Waals surface area contributed by atoms with E-state index in [0.29, 0.717) is 0 Å². The van der Waals surface area contributed by atoms with Crippen LogP contribution in [-0.2, 0) is 9.53 Å². The number of quaternary nitrogens is 1. The number of hydrogen-bond acceptors (Lipinski definition) is 3. The van der Waals surface area contributed by atoms with Crippen LogP contribution >= 0.6 is 11.8 Å². The van der Waals surface area contributed by atoms with Gasteiger partial charge in [0.05, 0.1) is 21.1 Å². The molecule has 0 aliphatic rings. The fraction of sp³-hybridized carbons (Fsp3) is 0.875. The molecule has 0 aliphatic carbocycles. The molecule has 1 unspecified atom stereocenters. The number of thioether (sulfide) groups is 1.